The van der Waals surface area contributed by atoms with E-state index in [0.29, 0.717) is 16.8 Å². The lowest BCUT2D eigenvalue weighted by Crippen LogP contribution is -2.04. The predicted molar refractivity (Wildman–Crippen MR) is 79.5 cm³/mol. The van der Waals surface area contributed by atoms with Crippen LogP contribution in [-0.4, -0.2) is 22.5 Å². The van der Waals surface area contributed by atoms with Crippen LogP contribution in [0.2, 0.25) is 0 Å². The molecule has 2 rings (SSSR count). The van der Waals surface area contributed by atoms with E-state index in [-0.39, 0.29) is 18.0 Å². The molecule has 0 amide bonds. The molecule has 0 fully saturated rings. The van der Waals surface area contributed by atoms with Gasteiger partial charge in [0, 0.05) is 11.5 Å². The summed E-state index contributed by atoms with van der Waals surface area (Å²) in [5, 5.41) is 11.8. The molecule has 2 aromatic rings. The molecule has 1 aromatic heterocycles. The van der Waals surface area contributed by atoms with Gasteiger partial charge in [-0.05, 0) is 30.9 Å². The molecule has 21 heavy (non-hydrogen) atoms. The van der Waals surface area contributed by atoms with Gasteiger partial charge in [0.05, 0.1) is 11.5 Å². The summed E-state index contributed by atoms with van der Waals surface area (Å²) in [4.78, 5) is 25.3. The maximum Gasteiger partial charge on any atom is 0.354 e. The van der Waals surface area contributed by atoms with Gasteiger partial charge in [-0.3, -0.25) is 10.1 Å². The molecule has 0 aliphatic carbocycles. The molecule has 0 saturated carbocycles. The first kappa shape index (κ1) is 15.0. The van der Waals surface area contributed by atoms with Crippen molar-refractivity contribution in [1.29, 1.82) is 0 Å². The number of nitrogens with one attached hydrogen (secondary N) is 1. The van der Waals surface area contributed by atoms with Crippen LogP contribution in [0.1, 0.15) is 36.8 Å². The third-order valence-electron chi connectivity index (χ3n) is 3.18. The summed E-state index contributed by atoms with van der Waals surface area (Å²) in [7, 11) is 0. The van der Waals surface area contributed by atoms with Crippen molar-refractivity contribution >= 4 is 22.6 Å². The number of carbonyl (C=O) groups excluding carboxylic acids is 1. The second-order valence-electron chi connectivity index (χ2n) is 5.29. The predicted octanol–water partition coefficient (Wildman–Crippen LogP) is 3.45. The highest BCUT2D eigenvalue weighted by Crippen LogP contribution is 2.30. The van der Waals surface area contributed by atoms with Gasteiger partial charge in [-0.25, -0.2) is 4.79 Å². The summed E-state index contributed by atoms with van der Waals surface area (Å²) in [5.74, 6) is -0.0888. The maximum absolute atomic E-state index is 11.8. The van der Waals surface area contributed by atoms with Crippen molar-refractivity contribution in [2.45, 2.75) is 27.2 Å². The lowest BCUT2D eigenvalue weighted by Gasteiger charge is -2.06. The molecule has 0 aliphatic heterocycles. The van der Waals surface area contributed by atoms with Crippen molar-refractivity contribution in [3.8, 4) is 0 Å². The van der Waals surface area contributed by atoms with Gasteiger partial charge in [-0.1, -0.05) is 19.9 Å². The first-order chi connectivity index (χ1) is 9.93. The highest BCUT2D eigenvalue weighted by molar-refractivity contribution is 5.99. The van der Waals surface area contributed by atoms with Crippen molar-refractivity contribution in [3.05, 3.63) is 39.6 Å². The SMILES string of the molecule is CCOC(=O)c1cc2c(CC(C)C)ccc([N+](=O)[O-])c2[nH]1. The smallest absolute Gasteiger partial charge is 0.354 e. The number of nitro groups is 1. The number of hydrogen-bond donors (Lipinski definition) is 1. The molecule has 1 aromatic carbocycles. The second kappa shape index (κ2) is 5.95. The lowest BCUT2D eigenvalue weighted by molar-refractivity contribution is -0.383. The zero-order chi connectivity index (χ0) is 15.6. The van der Waals surface area contributed by atoms with Gasteiger partial charge < -0.3 is 9.72 Å². The van der Waals surface area contributed by atoms with Gasteiger partial charge in [-0.15, -0.1) is 0 Å². The molecular weight excluding hydrogens is 272 g/mol. The zero-order valence-electron chi connectivity index (χ0n) is 12.3. The third kappa shape index (κ3) is 3.04. The molecule has 112 valence electrons. The highest BCUT2D eigenvalue weighted by atomic mass is 16.6. The first-order valence-electron chi connectivity index (χ1n) is 6.90. The number of esters is 1. The van der Waals surface area contributed by atoms with Gasteiger partial charge in [0.1, 0.15) is 11.2 Å². The van der Waals surface area contributed by atoms with Crippen LogP contribution in [0.25, 0.3) is 10.9 Å². The van der Waals surface area contributed by atoms with Crippen molar-refractivity contribution in [3.63, 3.8) is 0 Å². The summed E-state index contributed by atoms with van der Waals surface area (Å²) in [6.45, 7) is 6.13. The van der Waals surface area contributed by atoms with Crippen LogP contribution < -0.4 is 0 Å². The third-order valence-corrected chi connectivity index (χ3v) is 3.18. The Morgan fingerprint density at radius 3 is 2.71 bits per heavy atom. The van der Waals surface area contributed by atoms with Crippen LogP contribution in [0.4, 0.5) is 5.69 Å². The lowest BCUT2D eigenvalue weighted by atomic mass is 9.99. The quantitative estimate of drug-likeness (QED) is 0.519. The van der Waals surface area contributed by atoms with Gasteiger partial charge in [0.15, 0.2) is 0 Å². The van der Waals surface area contributed by atoms with Gasteiger partial charge >= 0.3 is 5.97 Å². The van der Waals surface area contributed by atoms with E-state index in [2.05, 4.69) is 18.8 Å². The van der Waals surface area contributed by atoms with Gasteiger partial charge in [-0.2, -0.15) is 0 Å². The van der Waals surface area contributed by atoms with E-state index in [4.69, 9.17) is 4.74 Å². The number of nitro benzene ring substituents is 1. The molecule has 0 saturated heterocycles. The van der Waals surface area contributed by atoms with Crippen LogP contribution in [0, 0.1) is 16.0 Å². The Morgan fingerprint density at radius 1 is 1.43 bits per heavy atom. The number of aromatic amines is 1. The first-order valence-corrected chi connectivity index (χ1v) is 6.90. The van der Waals surface area contributed by atoms with Crippen molar-refractivity contribution in [2.75, 3.05) is 6.61 Å². The van der Waals surface area contributed by atoms with Crippen LogP contribution in [0.3, 0.4) is 0 Å². The Hall–Kier alpha value is -2.37. The molecular formula is C15H18N2O4. The molecule has 0 unspecified atom stereocenters. The summed E-state index contributed by atoms with van der Waals surface area (Å²) < 4.78 is 4.94. The normalized spacial score (nSPS) is 11.0. The summed E-state index contributed by atoms with van der Waals surface area (Å²) >= 11 is 0. The standard InChI is InChI=1S/C15H18N2O4/c1-4-21-15(18)12-8-11-10(7-9(2)3)5-6-13(17(19)20)14(11)16-12/h5-6,8-9,16H,4,7H2,1-3H3. The van der Waals surface area contributed by atoms with Crippen LogP contribution >= 0.6 is 0 Å². The number of fused-ring (bicyclic) bond motifs is 1. The van der Waals surface area contributed by atoms with E-state index in [1.807, 2.05) is 0 Å². The number of ether oxygens (including phenoxy) is 1. The van der Waals surface area contributed by atoms with Crippen LogP contribution in [0.15, 0.2) is 18.2 Å². The number of benzene rings is 1. The summed E-state index contributed by atoms with van der Waals surface area (Å²) in [6, 6.07) is 4.87. The molecule has 6 heteroatoms. The molecule has 1 heterocycles. The molecule has 0 bridgehead atoms. The number of H-pyrrole nitrogens is 1. The Morgan fingerprint density at radius 2 is 2.14 bits per heavy atom. The fraction of sp³-hybridized carbons (Fsp3) is 0.400. The van der Waals surface area contributed by atoms with E-state index in [1.165, 1.54) is 6.07 Å². The number of carbonyl (C=O) groups is 1. The highest BCUT2D eigenvalue weighted by Gasteiger charge is 2.20. The van der Waals surface area contributed by atoms with Gasteiger partial charge in [0.25, 0.3) is 5.69 Å². The second-order valence-corrected chi connectivity index (χ2v) is 5.29. The average Bonchev–Trinajstić information content (AvgIpc) is 2.83. The number of non-ortho nitro benzene ring substituents is 1. The zero-order valence-corrected chi connectivity index (χ0v) is 12.3. The molecule has 1 N–H and O–H groups in total. The minimum Gasteiger partial charge on any atom is -0.461 e. The summed E-state index contributed by atoms with van der Waals surface area (Å²) in [5.41, 5.74) is 1.57. The minimum absolute atomic E-state index is 0.0342. The fourth-order valence-electron chi connectivity index (χ4n) is 2.35. The number of nitrogens with zero attached hydrogens (tertiary/aromatic N) is 1. The number of hydrogen-bond acceptors (Lipinski definition) is 4. The van der Waals surface area contributed by atoms with E-state index in [9.17, 15) is 14.9 Å². The number of aromatic nitrogens is 1. The molecule has 0 aliphatic rings. The van der Waals surface area contributed by atoms with Crippen molar-refractivity contribution in [2.24, 2.45) is 5.92 Å². The largest absolute Gasteiger partial charge is 0.461 e. The minimum atomic E-state index is -0.501. The molecule has 0 spiro atoms. The van der Waals surface area contributed by atoms with E-state index in [1.54, 1.807) is 19.1 Å². The molecule has 0 atom stereocenters. The fourth-order valence-corrected chi connectivity index (χ4v) is 2.35. The van der Waals surface area contributed by atoms with Crippen LogP contribution in [-0.2, 0) is 11.2 Å². The Labute approximate surface area is 122 Å². The van der Waals surface area contributed by atoms with E-state index in [0.717, 1.165) is 12.0 Å². The molecule has 0 radical (unpaired) electrons. The number of rotatable bonds is 5. The van der Waals surface area contributed by atoms with Crippen LogP contribution in [0.5, 0.6) is 0 Å². The van der Waals surface area contributed by atoms with Crippen molar-refractivity contribution < 1.29 is 14.5 Å². The van der Waals surface area contributed by atoms with E-state index >= 15 is 0 Å². The topological polar surface area (TPSA) is 85.2 Å². The van der Waals surface area contributed by atoms with Gasteiger partial charge in [0.2, 0.25) is 0 Å². The Kier molecular flexibility index (Phi) is 4.26. The Bertz CT molecular complexity index is 688. The molecule has 6 nitrogen and oxygen atoms in total. The monoisotopic (exact) mass is 290 g/mol. The summed E-state index contributed by atoms with van der Waals surface area (Å²) in [6.07, 6.45) is 0.786. The average molecular weight is 290 g/mol. The van der Waals surface area contributed by atoms with Crippen molar-refractivity contribution in [1.82, 2.24) is 4.98 Å². The maximum atomic E-state index is 11.8. The van der Waals surface area contributed by atoms with E-state index < -0.39 is 10.9 Å². The Balaban J connectivity index is 2.60.